The Hall–Kier alpha value is -2.20. The number of hydrogen-bond acceptors (Lipinski definition) is 3. The zero-order chi connectivity index (χ0) is 16.6. The van der Waals surface area contributed by atoms with Gasteiger partial charge >= 0.3 is 0 Å². The molecule has 3 heterocycles. The maximum Gasteiger partial charge on any atom is 0.229 e. The lowest BCUT2D eigenvalue weighted by Crippen LogP contribution is -2.64. The normalized spacial score (nSPS) is 22.9. The lowest BCUT2D eigenvalue weighted by Gasteiger charge is -2.52. The topological polar surface area (TPSA) is 45.2 Å². The Morgan fingerprint density at radius 1 is 1.12 bits per heavy atom. The quantitative estimate of drug-likeness (QED) is 0.884. The zero-order valence-electron chi connectivity index (χ0n) is 14.0. The van der Waals surface area contributed by atoms with E-state index in [0.29, 0.717) is 0 Å². The highest BCUT2D eigenvalue weighted by Crippen LogP contribution is 2.49. The number of aromatic nitrogens is 1. The van der Waals surface area contributed by atoms with Crippen molar-refractivity contribution in [3.8, 4) is 0 Å². The highest BCUT2D eigenvalue weighted by molar-refractivity contribution is 5.90. The van der Waals surface area contributed by atoms with E-state index in [1.165, 1.54) is 5.56 Å². The molecule has 2 aromatic rings. The van der Waals surface area contributed by atoms with E-state index in [1.807, 2.05) is 31.2 Å². The van der Waals surface area contributed by atoms with Gasteiger partial charge in [-0.2, -0.15) is 0 Å². The molecular weight excluding hydrogens is 298 g/mol. The lowest BCUT2D eigenvalue weighted by molar-refractivity contribution is -0.151. The molecule has 4 heteroatoms. The second-order valence-electron chi connectivity index (χ2n) is 7.02. The molecule has 2 aliphatic rings. The number of aryl methyl sites for hydroxylation is 1. The number of carbonyl (C=O) groups excluding carboxylic acids is 1. The van der Waals surface area contributed by atoms with Gasteiger partial charge in [0.1, 0.15) is 0 Å². The van der Waals surface area contributed by atoms with Gasteiger partial charge < -0.3 is 5.32 Å². The zero-order valence-corrected chi connectivity index (χ0v) is 14.0. The van der Waals surface area contributed by atoms with Gasteiger partial charge in [-0.15, -0.1) is 0 Å². The Labute approximate surface area is 142 Å². The van der Waals surface area contributed by atoms with Crippen molar-refractivity contribution in [1.29, 1.82) is 0 Å². The van der Waals surface area contributed by atoms with E-state index in [1.54, 1.807) is 0 Å². The molecule has 0 unspecified atom stereocenters. The van der Waals surface area contributed by atoms with Crippen molar-refractivity contribution < 1.29 is 4.79 Å². The minimum absolute atomic E-state index is 0.172. The maximum atomic E-state index is 12.4. The molecule has 124 valence electrons. The first-order valence-corrected chi connectivity index (χ1v) is 8.68. The summed E-state index contributed by atoms with van der Waals surface area (Å²) in [6, 6.07) is 16.7. The van der Waals surface area contributed by atoms with Crippen LogP contribution in [-0.2, 0) is 11.3 Å². The SMILES string of the molecule is Cc1cccc(CN2CCC3(CC2)C(=O)N[C@@H]3c2ccccc2)n1. The average molecular weight is 321 g/mol. The minimum Gasteiger partial charge on any atom is -0.348 e. The molecule has 1 amide bonds. The first-order valence-electron chi connectivity index (χ1n) is 8.68. The number of piperidine rings is 1. The number of carbonyl (C=O) groups is 1. The van der Waals surface area contributed by atoms with E-state index in [0.717, 1.165) is 43.9 Å². The summed E-state index contributed by atoms with van der Waals surface area (Å²) in [5, 5.41) is 3.12. The van der Waals surface area contributed by atoms with Crippen LogP contribution in [0.2, 0.25) is 0 Å². The van der Waals surface area contributed by atoms with Gasteiger partial charge in [0.15, 0.2) is 0 Å². The van der Waals surface area contributed by atoms with Gasteiger partial charge in [-0.1, -0.05) is 36.4 Å². The van der Waals surface area contributed by atoms with Crippen molar-refractivity contribution in [2.24, 2.45) is 5.41 Å². The molecule has 2 fully saturated rings. The molecular formula is C20H23N3O. The Balaban J connectivity index is 1.44. The van der Waals surface area contributed by atoms with E-state index >= 15 is 0 Å². The number of likely N-dealkylation sites (tertiary alicyclic amines) is 1. The third-order valence-electron chi connectivity index (χ3n) is 5.49. The third-order valence-corrected chi connectivity index (χ3v) is 5.49. The molecule has 0 bridgehead atoms. The van der Waals surface area contributed by atoms with E-state index in [9.17, 15) is 4.79 Å². The van der Waals surface area contributed by atoms with Crippen LogP contribution in [0.5, 0.6) is 0 Å². The summed E-state index contributed by atoms with van der Waals surface area (Å²) in [6.45, 7) is 4.80. The van der Waals surface area contributed by atoms with Crippen LogP contribution in [0, 0.1) is 12.3 Å². The molecule has 2 saturated heterocycles. The van der Waals surface area contributed by atoms with E-state index in [-0.39, 0.29) is 17.4 Å². The van der Waals surface area contributed by atoms with Crippen molar-refractivity contribution in [2.45, 2.75) is 32.4 Å². The summed E-state index contributed by atoms with van der Waals surface area (Å²) in [6.07, 6.45) is 1.84. The van der Waals surface area contributed by atoms with Crippen LogP contribution in [0.25, 0.3) is 0 Å². The fourth-order valence-corrected chi connectivity index (χ4v) is 4.06. The van der Waals surface area contributed by atoms with Crippen LogP contribution in [0.4, 0.5) is 0 Å². The molecule has 24 heavy (non-hydrogen) atoms. The standard InChI is InChI=1S/C20H23N3O/c1-15-6-5-9-17(21-15)14-23-12-10-20(11-13-23)18(22-19(20)24)16-7-3-2-4-8-16/h2-9,18H,10-14H2,1H3,(H,22,24)/t18-/m1/s1. The summed E-state index contributed by atoms with van der Waals surface area (Å²) >= 11 is 0. The summed E-state index contributed by atoms with van der Waals surface area (Å²) in [4.78, 5) is 19.4. The molecule has 1 aromatic carbocycles. The smallest absolute Gasteiger partial charge is 0.229 e. The lowest BCUT2D eigenvalue weighted by atomic mass is 9.64. The van der Waals surface area contributed by atoms with Crippen LogP contribution in [0.1, 0.15) is 35.8 Å². The predicted molar refractivity (Wildman–Crippen MR) is 93.2 cm³/mol. The molecule has 2 aliphatic heterocycles. The number of amides is 1. The summed E-state index contributed by atoms with van der Waals surface area (Å²) in [5.41, 5.74) is 3.19. The predicted octanol–water partition coefficient (Wildman–Crippen LogP) is 2.84. The fraction of sp³-hybridized carbons (Fsp3) is 0.400. The van der Waals surface area contributed by atoms with E-state index in [2.05, 4.69) is 39.5 Å². The average Bonchev–Trinajstić information content (AvgIpc) is 2.61. The van der Waals surface area contributed by atoms with Crippen molar-refractivity contribution in [3.63, 3.8) is 0 Å². The highest BCUT2D eigenvalue weighted by Gasteiger charge is 2.56. The summed E-state index contributed by atoms with van der Waals surface area (Å²) in [7, 11) is 0. The summed E-state index contributed by atoms with van der Waals surface area (Å²) in [5.74, 6) is 0.227. The molecule has 1 N–H and O–H groups in total. The van der Waals surface area contributed by atoms with Crippen LogP contribution < -0.4 is 5.32 Å². The number of benzene rings is 1. The van der Waals surface area contributed by atoms with Gasteiger partial charge in [-0.3, -0.25) is 14.7 Å². The van der Waals surface area contributed by atoms with E-state index < -0.39 is 0 Å². The fourth-order valence-electron chi connectivity index (χ4n) is 4.06. The monoisotopic (exact) mass is 321 g/mol. The van der Waals surface area contributed by atoms with Crippen molar-refractivity contribution in [2.75, 3.05) is 13.1 Å². The molecule has 1 atom stereocenters. The third kappa shape index (κ3) is 2.61. The van der Waals surface area contributed by atoms with Crippen LogP contribution in [-0.4, -0.2) is 28.9 Å². The molecule has 4 rings (SSSR count). The number of β-lactam (4-membered cyclic amide) rings is 1. The number of hydrogen-bond donors (Lipinski definition) is 1. The second kappa shape index (κ2) is 6.02. The molecule has 0 saturated carbocycles. The molecule has 0 aliphatic carbocycles. The Morgan fingerprint density at radius 3 is 2.54 bits per heavy atom. The molecule has 1 aromatic heterocycles. The summed E-state index contributed by atoms with van der Waals surface area (Å²) < 4.78 is 0. The van der Waals surface area contributed by atoms with Crippen molar-refractivity contribution >= 4 is 5.91 Å². The van der Waals surface area contributed by atoms with Crippen LogP contribution >= 0.6 is 0 Å². The largest absolute Gasteiger partial charge is 0.348 e. The first kappa shape index (κ1) is 15.3. The van der Waals surface area contributed by atoms with Gasteiger partial charge in [0.2, 0.25) is 5.91 Å². The second-order valence-corrected chi connectivity index (χ2v) is 7.02. The Morgan fingerprint density at radius 2 is 1.88 bits per heavy atom. The molecule has 0 radical (unpaired) electrons. The first-order chi connectivity index (χ1) is 11.7. The Bertz CT molecular complexity index is 736. The van der Waals surface area contributed by atoms with Gasteiger partial charge in [0.25, 0.3) is 0 Å². The van der Waals surface area contributed by atoms with Crippen LogP contribution in [0.3, 0.4) is 0 Å². The van der Waals surface area contributed by atoms with Gasteiger partial charge in [0.05, 0.1) is 17.2 Å². The molecule has 1 spiro atoms. The van der Waals surface area contributed by atoms with Crippen molar-refractivity contribution in [3.05, 3.63) is 65.5 Å². The van der Waals surface area contributed by atoms with Crippen LogP contribution in [0.15, 0.2) is 48.5 Å². The molecule has 4 nitrogen and oxygen atoms in total. The number of rotatable bonds is 3. The van der Waals surface area contributed by atoms with Crippen molar-refractivity contribution in [1.82, 2.24) is 15.2 Å². The van der Waals surface area contributed by atoms with Gasteiger partial charge in [-0.25, -0.2) is 0 Å². The van der Waals surface area contributed by atoms with Gasteiger partial charge in [0, 0.05) is 12.2 Å². The van der Waals surface area contributed by atoms with Gasteiger partial charge in [-0.05, 0) is 50.6 Å². The number of nitrogens with zero attached hydrogens (tertiary/aromatic N) is 2. The maximum absolute atomic E-state index is 12.4. The number of pyridine rings is 1. The number of nitrogens with one attached hydrogen (secondary N) is 1. The Kier molecular flexibility index (Phi) is 3.85. The van der Waals surface area contributed by atoms with E-state index in [4.69, 9.17) is 0 Å². The highest BCUT2D eigenvalue weighted by atomic mass is 16.2. The minimum atomic E-state index is -0.210.